The molecule has 0 radical (unpaired) electrons. The summed E-state index contributed by atoms with van der Waals surface area (Å²) in [5.41, 5.74) is 4.42. The van der Waals surface area contributed by atoms with Crippen LogP contribution in [0.1, 0.15) is 39.0 Å². The minimum Gasteiger partial charge on any atom is -0.494 e. The standard InChI is InChI=1S/C24H27NO/c1-2-3-4-5-9-18-26-23-15-12-21(13-16-23)24-17-14-22(19-25-24)20-10-7-6-8-11-20/h6-8,10-17,19H,2-5,9,18H2,1H3. The summed E-state index contributed by atoms with van der Waals surface area (Å²) in [7, 11) is 0. The molecule has 0 unspecified atom stereocenters. The molecule has 0 N–H and O–H groups in total. The van der Waals surface area contributed by atoms with Crippen LogP contribution in [-0.2, 0) is 0 Å². The van der Waals surface area contributed by atoms with Crippen molar-refractivity contribution < 1.29 is 4.74 Å². The molecule has 0 spiro atoms. The third-order valence-electron chi connectivity index (χ3n) is 4.54. The van der Waals surface area contributed by atoms with E-state index in [4.69, 9.17) is 4.74 Å². The fourth-order valence-corrected chi connectivity index (χ4v) is 2.98. The van der Waals surface area contributed by atoms with Crippen molar-refractivity contribution in [3.8, 4) is 28.1 Å². The second-order valence-corrected chi connectivity index (χ2v) is 6.59. The summed E-state index contributed by atoms with van der Waals surface area (Å²) in [6, 6.07) is 22.8. The Kier molecular flexibility index (Phi) is 6.83. The van der Waals surface area contributed by atoms with Crippen LogP contribution in [0.2, 0.25) is 0 Å². The third kappa shape index (κ3) is 5.19. The van der Waals surface area contributed by atoms with Gasteiger partial charge < -0.3 is 4.74 Å². The summed E-state index contributed by atoms with van der Waals surface area (Å²) >= 11 is 0. The van der Waals surface area contributed by atoms with Crippen molar-refractivity contribution in [3.63, 3.8) is 0 Å². The highest BCUT2D eigenvalue weighted by Gasteiger charge is 2.02. The van der Waals surface area contributed by atoms with E-state index in [1.165, 1.54) is 31.2 Å². The van der Waals surface area contributed by atoms with Crippen molar-refractivity contribution in [1.29, 1.82) is 0 Å². The van der Waals surface area contributed by atoms with Gasteiger partial charge >= 0.3 is 0 Å². The summed E-state index contributed by atoms with van der Waals surface area (Å²) < 4.78 is 5.83. The normalized spacial score (nSPS) is 10.7. The van der Waals surface area contributed by atoms with Gasteiger partial charge in [-0.25, -0.2) is 0 Å². The lowest BCUT2D eigenvalue weighted by molar-refractivity contribution is 0.304. The first kappa shape index (κ1) is 18.2. The summed E-state index contributed by atoms with van der Waals surface area (Å²) in [6.45, 7) is 3.04. The van der Waals surface area contributed by atoms with Crippen LogP contribution in [0.15, 0.2) is 72.9 Å². The van der Waals surface area contributed by atoms with Crippen LogP contribution >= 0.6 is 0 Å². The fourth-order valence-electron chi connectivity index (χ4n) is 2.98. The van der Waals surface area contributed by atoms with Gasteiger partial charge in [-0.2, -0.15) is 0 Å². The van der Waals surface area contributed by atoms with E-state index in [-0.39, 0.29) is 0 Å². The zero-order valence-electron chi connectivity index (χ0n) is 15.5. The van der Waals surface area contributed by atoms with Crippen LogP contribution in [0.3, 0.4) is 0 Å². The first-order valence-electron chi connectivity index (χ1n) is 9.61. The monoisotopic (exact) mass is 345 g/mol. The summed E-state index contributed by atoms with van der Waals surface area (Å²) in [5, 5.41) is 0. The lowest BCUT2D eigenvalue weighted by Gasteiger charge is -2.08. The van der Waals surface area contributed by atoms with E-state index in [9.17, 15) is 0 Å². The number of benzene rings is 2. The zero-order valence-corrected chi connectivity index (χ0v) is 15.5. The van der Waals surface area contributed by atoms with Gasteiger partial charge in [-0.05, 0) is 42.3 Å². The molecule has 0 fully saturated rings. The van der Waals surface area contributed by atoms with Crippen molar-refractivity contribution in [1.82, 2.24) is 4.98 Å². The maximum atomic E-state index is 5.83. The van der Waals surface area contributed by atoms with Gasteiger partial charge in [0, 0.05) is 17.3 Å². The van der Waals surface area contributed by atoms with Crippen molar-refractivity contribution in [2.45, 2.75) is 39.0 Å². The smallest absolute Gasteiger partial charge is 0.119 e. The molecule has 1 heterocycles. The molecule has 2 aromatic carbocycles. The van der Waals surface area contributed by atoms with Gasteiger partial charge in [0.2, 0.25) is 0 Å². The van der Waals surface area contributed by atoms with E-state index in [1.807, 2.05) is 36.5 Å². The van der Waals surface area contributed by atoms with Gasteiger partial charge in [0.1, 0.15) is 5.75 Å². The summed E-state index contributed by atoms with van der Waals surface area (Å²) in [6.07, 6.45) is 8.23. The number of unbranched alkanes of at least 4 members (excludes halogenated alkanes) is 4. The molecule has 0 aliphatic carbocycles. The molecule has 0 saturated carbocycles. The van der Waals surface area contributed by atoms with Crippen molar-refractivity contribution in [2.75, 3.05) is 6.61 Å². The van der Waals surface area contributed by atoms with E-state index in [2.05, 4.69) is 48.3 Å². The Morgan fingerprint density at radius 2 is 1.42 bits per heavy atom. The summed E-state index contributed by atoms with van der Waals surface area (Å²) in [4.78, 5) is 4.62. The van der Waals surface area contributed by atoms with Crippen LogP contribution in [0.5, 0.6) is 5.75 Å². The van der Waals surface area contributed by atoms with Gasteiger partial charge in [0.15, 0.2) is 0 Å². The van der Waals surface area contributed by atoms with Crippen molar-refractivity contribution in [2.24, 2.45) is 0 Å². The molecule has 0 aliphatic rings. The molecule has 0 aliphatic heterocycles. The first-order valence-corrected chi connectivity index (χ1v) is 9.61. The number of rotatable bonds is 9. The molecule has 3 aromatic rings. The molecule has 134 valence electrons. The Balaban J connectivity index is 1.55. The molecule has 2 nitrogen and oxygen atoms in total. The molecular formula is C24H27NO. The number of nitrogens with zero attached hydrogens (tertiary/aromatic N) is 1. The minimum absolute atomic E-state index is 0.799. The number of aromatic nitrogens is 1. The second-order valence-electron chi connectivity index (χ2n) is 6.59. The highest BCUT2D eigenvalue weighted by molar-refractivity contribution is 5.66. The van der Waals surface area contributed by atoms with Crippen molar-refractivity contribution >= 4 is 0 Å². The first-order chi connectivity index (χ1) is 12.9. The minimum atomic E-state index is 0.799. The second kappa shape index (κ2) is 9.76. The van der Waals surface area contributed by atoms with Gasteiger partial charge in [0.25, 0.3) is 0 Å². The van der Waals surface area contributed by atoms with E-state index in [0.29, 0.717) is 0 Å². The lowest BCUT2D eigenvalue weighted by Crippen LogP contribution is -1.97. The number of pyridine rings is 1. The molecule has 3 rings (SSSR count). The van der Waals surface area contributed by atoms with Crippen LogP contribution in [0.4, 0.5) is 0 Å². The Hall–Kier alpha value is -2.61. The van der Waals surface area contributed by atoms with E-state index < -0.39 is 0 Å². The third-order valence-corrected chi connectivity index (χ3v) is 4.54. The number of hydrogen-bond acceptors (Lipinski definition) is 2. The molecule has 2 heteroatoms. The quantitative estimate of drug-likeness (QED) is 0.399. The van der Waals surface area contributed by atoms with Crippen LogP contribution < -0.4 is 4.74 Å². The Labute approximate surface area is 156 Å². The van der Waals surface area contributed by atoms with Gasteiger partial charge in [-0.15, -0.1) is 0 Å². The largest absolute Gasteiger partial charge is 0.494 e. The highest BCUT2D eigenvalue weighted by atomic mass is 16.5. The maximum absolute atomic E-state index is 5.83. The van der Waals surface area contributed by atoms with E-state index in [1.54, 1.807) is 0 Å². The predicted molar refractivity (Wildman–Crippen MR) is 109 cm³/mol. The molecular weight excluding hydrogens is 318 g/mol. The van der Waals surface area contributed by atoms with Gasteiger partial charge in [0.05, 0.1) is 12.3 Å². The molecule has 26 heavy (non-hydrogen) atoms. The zero-order chi connectivity index (χ0) is 18.0. The van der Waals surface area contributed by atoms with Crippen LogP contribution in [0, 0.1) is 0 Å². The Bertz CT molecular complexity index is 764. The molecule has 0 amide bonds. The van der Waals surface area contributed by atoms with E-state index in [0.717, 1.165) is 35.6 Å². The average Bonchev–Trinajstić information content (AvgIpc) is 2.72. The van der Waals surface area contributed by atoms with Gasteiger partial charge in [-0.1, -0.05) is 69.0 Å². The molecule has 0 saturated heterocycles. The lowest BCUT2D eigenvalue weighted by atomic mass is 10.1. The number of hydrogen-bond donors (Lipinski definition) is 0. The highest BCUT2D eigenvalue weighted by Crippen LogP contribution is 2.24. The SMILES string of the molecule is CCCCCCCOc1ccc(-c2ccc(-c3ccccc3)cn2)cc1. The molecule has 0 bridgehead atoms. The average molecular weight is 345 g/mol. The van der Waals surface area contributed by atoms with Gasteiger partial charge in [-0.3, -0.25) is 4.98 Å². The molecule has 1 aromatic heterocycles. The Morgan fingerprint density at radius 3 is 2.12 bits per heavy atom. The predicted octanol–water partition coefficient (Wildman–Crippen LogP) is 6.76. The van der Waals surface area contributed by atoms with Crippen LogP contribution in [-0.4, -0.2) is 11.6 Å². The van der Waals surface area contributed by atoms with E-state index >= 15 is 0 Å². The summed E-state index contributed by atoms with van der Waals surface area (Å²) in [5.74, 6) is 0.935. The molecule has 0 atom stereocenters. The topological polar surface area (TPSA) is 22.1 Å². The van der Waals surface area contributed by atoms with Crippen LogP contribution in [0.25, 0.3) is 22.4 Å². The fraction of sp³-hybridized carbons (Fsp3) is 0.292. The van der Waals surface area contributed by atoms with Crippen molar-refractivity contribution in [3.05, 3.63) is 72.9 Å². The Morgan fingerprint density at radius 1 is 0.692 bits per heavy atom. The maximum Gasteiger partial charge on any atom is 0.119 e. The number of ether oxygens (including phenoxy) is 1.